The maximum Gasteiger partial charge on any atom is 0.0466 e. The molecular formula is C14H19NOS. The van der Waals surface area contributed by atoms with Crippen LogP contribution in [-0.2, 0) is 4.74 Å². The van der Waals surface area contributed by atoms with Crippen LogP contribution in [0, 0.1) is 0 Å². The van der Waals surface area contributed by atoms with E-state index in [1.54, 1.807) is 11.3 Å². The average Bonchev–Trinajstić information content (AvgIpc) is 2.82. The van der Waals surface area contributed by atoms with Crippen molar-refractivity contribution in [2.45, 2.75) is 25.8 Å². The Labute approximate surface area is 106 Å². The second-order valence-electron chi connectivity index (χ2n) is 4.13. The smallest absolute Gasteiger partial charge is 0.0466 e. The van der Waals surface area contributed by atoms with Gasteiger partial charge in [0.25, 0.3) is 0 Å². The molecule has 92 valence electrons. The Morgan fingerprint density at radius 3 is 3.06 bits per heavy atom. The van der Waals surface area contributed by atoms with Gasteiger partial charge in [0.15, 0.2) is 0 Å². The predicted molar refractivity (Wildman–Crippen MR) is 74.5 cm³/mol. The lowest BCUT2D eigenvalue weighted by molar-refractivity contribution is 0.142. The Morgan fingerprint density at radius 2 is 2.24 bits per heavy atom. The van der Waals surface area contributed by atoms with Gasteiger partial charge in [-0.25, -0.2) is 0 Å². The first-order valence-electron chi connectivity index (χ1n) is 6.12. The van der Waals surface area contributed by atoms with Crippen molar-refractivity contribution in [1.29, 1.82) is 0 Å². The number of nitrogens with two attached hydrogens (primary N) is 1. The fourth-order valence-electron chi connectivity index (χ4n) is 2.01. The number of ether oxygens (including phenoxy) is 1. The summed E-state index contributed by atoms with van der Waals surface area (Å²) < 4.78 is 6.67. The summed E-state index contributed by atoms with van der Waals surface area (Å²) in [6, 6.07) is 8.65. The third-order valence-electron chi connectivity index (χ3n) is 2.92. The molecule has 0 amide bonds. The van der Waals surface area contributed by atoms with Gasteiger partial charge in [0, 0.05) is 24.0 Å². The molecule has 1 aromatic carbocycles. The molecule has 0 bridgehead atoms. The number of thiophene rings is 1. The SMILES string of the molecule is CCOCCCC(N)c1cccc2ccsc12. The highest BCUT2D eigenvalue weighted by Crippen LogP contribution is 2.29. The highest BCUT2D eigenvalue weighted by atomic mass is 32.1. The van der Waals surface area contributed by atoms with E-state index >= 15 is 0 Å². The van der Waals surface area contributed by atoms with Crippen LogP contribution >= 0.6 is 11.3 Å². The lowest BCUT2D eigenvalue weighted by atomic mass is 10.0. The molecule has 1 aromatic heterocycles. The van der Waals surface area contributed by atoms with Crippen LogP contribution in [0.5, 0.6) is 0 Å². The van der Waals surface area contributed by atoms with Crippen molar-refractivity contribution in [3.05, 3.63) is 35.2 Å². The number of benzene rings is 1. The zero-order valence-electron chi connectivity index (χ0n) is 10.2. The topological polar surface area (TPSA) is 35.2 Å². The normalized spacial score (nSPS) is 13.1. The number of fused-ring (bicyclic) bond motifs is 1. The molecule has 0 saturated heterocycles. The standard InChI is InChI=1S/C14H19NOS/c1-2-16-9-4-7-13(15)12-6-3-5-11-8-10-17-14(11)12/h3,5-6,8,10,13H,2,4,7,9,15H2,1H3. The van der Waals surface area contributed by atoms with Gasteiger partial charge in [-0.2, -0.15) is 0 Å². The Hall–Kier alpha value is -0.900. The largest absolute Gasteiger partial charge is 0.382 e. The van der Waals surface area contributed by atoms with Crippen molar-refractivity contribution in [3.63, 3.8) is 0 Å². The van der Waals surface area contributed by atoms with Gasteiger partial charge in [0.2, 0.25) is 0 Å². The quantitative estimate of drug-likeness (QED) is 0.792. The maximum absolute atomic E-state index is 6.25. The minimum Gasteiger partial charge on any atom is -0.382 e. The van der Waals surface area contributed by atoms with Crippen LogP contribution in [0.2, 0.25) is 0 Å². The van der Waals surface area contributed by atoms with Crippen LogP contribution in [0.4, 0.5) is 0 Å². The molecule has 2 N–H and O–H groups in total. The van der Waals surface area contributed by atoms with E-state index in [-0.39, 0.29) is 6.04 Å². The monoisotopic (exact) mass is 249 g/mol. The van der Waals surface area contributed by atoms with Gasteiger partial charge in [0.05, 0.1) is 0 Å². The first-order chi connectivity index (χ1) is 8.33. The Morgan fingerprint density at radius 1 is 1.35 bits per heavy atom. The van der Waals surface area contributed by atoms with Crippen molar-refractivity contribution in [3.8, 4) is 0 Å². The van der Waals surface area contributed by atoms with Crippen LogP contribution in [0.25, 0.3) is 10.1 Å². The number of hydrogen-bond donors (Lipinski definition) is 1. The number of hydrogen-bond acceptors (Lipinski definition) is 3. The molecule has 0 aliphatic carbocycles. The van der Waals surface area contributed by atoms with Gasteiger partial charge in [-0.05, 0) is 42.2 Å². The van der Waals surface area contributed by atoms with Crippen molar-refractivity contribution in [1.82, 2.24) is 0 Å². The van der Waals surface area contributed by atoms with E-state index in [2.05, 4.69) is 29.6 Å². The second kappa shape index (κ2) is 6.15. The third kappa shape index (κ3) is 3.06. The molecule has 3 heteroatoms. The fourth-order valence-corrected chi connectivity index (χ4v) is 2.99. The Bertz CT molecular complexity index is 466. The molecule has 0 aliphatic rings. The summed E-state index contributed by atoms with van der Waals surface area (Å²) in [5.74, 6) is 0. The van der Waals surface area contributed by atoms with E-state index in [1.165, 1.54) is 15.6 Å². The Kier molecular flexibility index (Phi) is 4.54. The minimum absolute atomic E-state index is 0.123. The molecule has 17 heavy (non-hydrogen) atoms. The molecule has 1 unspecified atom stereocenters. The predicted octanol–water partition coefficient (Wildman–Crippen LogP) is 3.72. The highest BCUT2D eigenvalue weighted by molar-refractivity contribution is 7.17. The summed E-state index contributed by atoms with van der Waals surface area (Å²) in [5.41, 5.74) is 7.53. The van der Waals surface area contributed by atoms with E-state index in [0.29, 0.717) is 0 Å². The van der Waals surface area contributed by atoms with E-state index in [9.17, 15) is 0 Å². The van der Waals surface area contributed by atoms with Crippen molar-refractivity contribution >= 4 is 21.4 Å². The first-order valence-corrected chi connectivity index (χ1v) is 7.00. The summed E-state index contributed by atoms with van der Waals surface area (Å²) in [6.07, 6.45) is 2.01. The lowest BCUT2D eigenvalue weighted by Crippen LogP contribution is -2.11. The first kappa shape index (κ1) is 12.6. The van der Waals surface area contributed by atoms with Crippen LogP contribution in [0.15, 0.2) is 29.6 Å². The average molecular weight is 249 g/mol. The molecule has 1 atom stereocenters. The molecule has 0 fully saturated rings. The molecule has 0 radical (unpaired) electrons. The van der Waals surface area contributed by atoms with Crippen molar-refractivity contribution in [2.75, 3.05) is 13.2 Å². The summed E-state index contributed by atoms with van der Waals surface area (Å²) >= 11 is 1.77. The van der Waals surface area contributed by atoms with E-state index in [0.717, 1.165) is 26.1 Å². The van der Waals surface area contributed by atoms with E-state index in [4.69, 9.17) is 10.5 Å². The lowest BCUT2D eigenvalue weighted by Gasteiger charge is -2.13. The summed E-state index contributed by atoms with van der Waals surface area (Å²) in [5, 5.41) is 3.42. The molecule has 2 nitrogen and oxygen atoms in total. The fraction of sp³-hybridized carbons (Fsp3) is 0.429. The summed E-state index contributed by atoms with van der Waals surface area (Å²) in [4.78, 5) is 0. The van der Waals surface area contributed by atoms with Crippen LogP contribution in [-0.4, -0.2) is 13.2 Å². The van der Waals surface area contributed by atoms with Crippen molar-refractivity contribution < 1.29 is 4.74 Å². The third-order valence-corrected chi connectivity index (χ3v) is 3.90. The Balaban J connectivity index is 2.03. The minimum atomic E-state index is 0.123. The van der Waals surface area contributed by atoms with Gasteiger partial charge < -0.3 is 10.5 Å². The summed E-state index contributed by atoms with van der Waals surface area (Å²) in [7, 11) is 0. The van der Waals surface area contributed by atoms with E-state index in [1.807, 2.05) is 6.92 Å². The van der Waals surface area contributed by atoms with Gasteiger partial charge in [-0.3, -0.25) is 0 Å². The zero-order chi connectivity index (χ0) is 12.1. The van der Waals surface area contributed by atoms with Crippen molar-refractivity contribution in [2.24, 2.45) is 5.73 Å². The molecular weight excluding hydrogens is 230 g/mol. The van der Waals surface area contributed by atoms with E-state index < -0.39 is 0 Å². The molecule has 2 aromatic rings. The molecule has 0 saturated carbocycles. The van der Waals surface area contributed by atoms with Gasteiger partial charge in [-0.1, -0.05) is 18.2 Å². The van der Waals surface area contributed by atoms with Crippen LogP contribution < -0.4 is 5.73 Å². The van der Waals surface area contributed by atoms with Crippen LogP contribution in [0.3, 0.4) is 0 Å². The highest BCUT2D eigenvalue weighted by Gasteiger charge is 2.10. The molecule has 2 rings (SSSR count). The zero-order valence-corrected chi connectivity index (χ0v) is 11.0. The van der Waals surface area contributed by atoms with Gasteiger partial charge >= 0.3 is 0 Å². The van der Waals surface area contributed by atoms with Gasteiger partial charge in [0.1, 0.15) is 0 Å². The number of rotatable bonds is 6. The second-order valence-corrected chi connectivity index (χ2v) is 5.05. The maximum atomic E-state index is 6.25. The molecule has 0 aliphatic heterocycles. The summed E-state index contributed by atoms with van der Waals surface area (Å²) in [6.45, 7) is 3.62. The molecule has 1 heterocycles. The molecule has 0 spiro atoms. The van der Waals surface area contributed by atoms with Crippen LogP contribution in [0.1, 0.15) is 31.4 Å². The van der Waals surface area contributed by atoms with Gasteiger partial charge in [-0.15, -0.1) is 11.3 Å².